The second-order valence-corrected chi connectivity index (χ2v) is 6.11. The van der Waals surface area contributed by atoms with Crippen molar-refractivity contribution in [2.24, 2.45) is 0 Å². The molecule has 1 amide bonds. The van der Waals surface area contributed by atoms with E-state index in [1.54, 1.807) is 17.8 Å². The molecule has 2 unspecified atom stereocenters. The fourth-order valence-corrected chi connectivity index (χ4v) is 2.69. The fraction of sp³-hybridized carbons (Fsp3) is 0.412. The van der Waals surface area contributed by atoms with Crippen molar-refractivity contribution >= 4 is 17.5 Å². The molecule has 0 bridgehead atoms. The van der Waals surface area contributed by atoms with Crippen LogP contribution in [0, 0.1) is 0 Å². The van der Waals surface area contributed by atoms with Crippen LogP contribution >= 0.6 is 11.6 Å². The highest BCUT2D eigenvalue weighted by Gasteiger charge is 2.21. The Kier molecular flexibility index (Phi) is 5.37. The molecule has 6 nitrogen and oxygen atoms in total. The molecule has 1 aromatic heterocycles. The van der Waals surface area contributed by atoms with Crippen LogP contribution < -0.4 is 10.1 Å². The van der Waals surface area contributed by atoms with Crippen molar-refractivity contribution in [3.8, 4) is 11.6 Å². The van der Waals surface area contributed by atoms with Crippen LogP contribution in [0.15, 0.2) is 36.5 Å². The Balaban J connectivity index is 1.58. The summed E-state index contributed by atoms with van der Waals surface area (Å²) in [5.74, 6) is 0.0242. The van der Waals surface area contributed by atoms with E-state index in [0.717, 1.165) is 25.1 Å². The first kappa shape index (κ1) is 16.8. The van der Waals surface area contributed by atoms with Gasteiger partial charge in [0.25, 0.3) is 11.8 Å². The zero-order chi connectivity index (χ0) is 16.9. The molecule has 1 aromatic carbocycles. The Labute approximate surface area is 145 Å². The average molecular weight is 350 g/mol. The van der Waals surface area contributed by atoms with E-state index in [1.165, 1.54) is 0 Å². The molecule has 0 aliphatic carbocycles. The van der Waals surface area contributed by atoms with Gasteiger partial charge in [0.1, 0.15) is 5.02 Å². The van der Waals surface area contributed by atoms with Crippen LogP contribution in [0.3, 0.4) is 0 Å². The second kappa shape index (κ2) is 7.68. The lowest BCUT2D eigenvalue weighted by atomic mass is 10.2. The first-order chi connectivity index (χ1) is 11.6. The van der Waals surface area contributed by atoms with Crippen LogP contribution in [0.4, 0.5) is 0 Å². The van der Waals surface area contributed by atoms with Gasteiger partial charge >= 0.3 is 0 Å². The number of rotatable bonds is 6. The minimum Gasteiger partial charge on any atom is -0.462 e. The molecule has 1 fully saturated rings. The molecule has 3 rings (SSSR count). The maximum Gasteiger partial charge on any atom is 0.260 e. The number of carbonyl (C=O) groups excluding carboxylic acids is 1. The van der Waals surface area contributed by atoms with Crippen LogP contribution in [0.1, 0.15) is 19.8 Å². The van der Waals surface area contributed by atoms with Gasteiger partial charge in [0.15, 0.2) is 6.10 Å². The number of benzene rings is 1. The topological polar surface area (TPSA) is 65.4 Å². The highest BCUT2D eigenvalue weighted by molar-refractivity contribution is 6.31. The van der Waals surface area contributed by atoms with E-state index in [-0.39, 0.29) is 17.9 Å². The monoisotopic (exact) mass is 349 g/mol. The molecule has 1 aliphatic rings. The van der Waals surface area contributed by atoms with Crippen LogP contribution in [0.25, 0.3) is 5.69 Å². The molecule has 128 valence electrons. The van der Waals surface area contributed by atoms with E-state index in [4.69, 9.17) is 21.1 Å². The summed E-state index contributed by atoms with van der Waals surface area (Å²) in [7, 11) is 0. The molecule has 0 saturated carbocycles. The lowest BCUT2D eigenvalue weighted by Gasteiger charge is -2.15. The number of ether oxygens (including phenoxy) is 2. The van der Waals surface area contributed by atoms with E-state index in [2.05, 4.69) is 10.4 Å². The standard InChI is InChI=1S/C17H20ClN3O3/c1-12(16(22)19-10-14-8-5-9-23-14)24-17-15(18)11-21(20-17)13-6-3-2-4-7-13/h2-4,6-7,11-12,14H,5,8-10H2,1H3,(H,19,22). The van der Waals surface area contributed by atoms with Crippen molar-refractivity contribution < 1.29 is 14.3 Å². The third-order valence-corrected chi connectivity index (χ3v) is 4.10. The third-order valence-electron chi connectivity index (χ3n) is 3.84. The second-order valence-electron chi connectivity index (χ2n) is 5.70. The molecule has 7 heteroatoms. The fourth-order valence-electron chi connectivity index (χ4n) is 2.51. The first-order valence-corrected chi connectivity index (χ1v) is 8.38. The normalized spacial score (nSPS) is 18.3. The number of carbonyl (C=O) groups is 1. The first-order valence-electron chi connectivity index (χ1n) is 8.00. The van der Waals surface area contributed by atoms with Gasteiger partial charge in [0.2, 0.25) is 0 Å². The van der Waals surface area contributed by atoms with Gasteiger partial charge < -0.3 is 14.8 Å². The van der Waals surface area contributed by atoms with Gasteiger partial charge in [-0.2, -0.15) is 0 Å². The summed E-state index contributed by atoms with van der Waals surface area (Å²) in [6, 6.07) is 9.56. The van der Waals surface area contributed by atoms with Gasteiger partial charge in [-0.1, -0.05) is 29.8 Å². The quantitative estimate of drug-likeness (QED) is 0.870. The van der Waals surface area contributed by atoms with Crippen LogP contribution in [0.2, 0.25) is 5.02 Å². The molecule has 2 heterocycles. The highest BCUT2D eigenvalue weighted by atomic mass is 35.5. The van der Waals surface area contributed by atoms with E-state index in [9.17, 15) is 4.79 Å². The molecule has 1 aliphatic heterocycles. The summed E-state index contributed by atoms with van der Waals surface area (Å²) in [5.41, 5.74) is 0.865. The zero-order valence-electron chi connectivity index (χ0n) is 13.4. The van der Waals surface area contributed by atoms with Gasteiger partial charge in [-0.15, -0.1) is 5.10 Å². The molecule has 24 heavy (non-hydrogen) atoms. The maximum absolute atomic E-state index is 12.1. The van der Waals surface area contributed by atoms with Crippen molar-refractivity contribution in [3.63, 3.8) is 0 Å². The minimum atomic E-state index is -0.692. The number of hydrogen-bond acceptors (Lipinski definition) is 4. The Morgan fingerprint density at radius 1 is 1.50 bits per heavy atom. The van der Waals surface area contributed by atoms with E-state index in [1.807, 2.05) is 30.3 Å². The Bertz CT molecular complexity index is 684. The van der Waals surface area contributed by atoms with E-state index < -0.39 is 6.10 Å². The molecular formula is C17H20ClN3O3. The number of halogens is 1. The zero-order valence-corrected chi connectivity index (χ0v) is 14.2. The Morgan fingerprint density at radius 2 is 2.29 bits per heavy atom. The minimum absolute atomic E-state index is 0.0991. The lowest BCUT2D eigenvalue weighted by molar-refractivity contribution is -0.127. The van der Waals surface area contributed by atoms with Crippen molar-refractivity contribution in [3.05, 3.63) is 41.6 Å². The van der Waals surface area contributed by atoms with Gasteiger partial charge in [-0.25, -0.2) is 4.68 Å². The smallest absolute Gasteiger partial charge is 0.260 e. The third kappa shape index (κ3) is 4.07. The maximum atomic E-state index is 12.1. The molecule has 2 aromatic rings. The van der Waals surface area contributed by atoms with E-state index in [0.29, 0.717) is 11.6 Å². The van der Waals surface area contributed by atoms with Crippen molar-refractivity contribution in [2.45, 2.75) is 32.0 Å². The summed E-state index contributed by atoms with van der Waals surface area (Å²) >= 11 is 6.16. The predicted molar refractivity (Wildman–Crippen MR) is 90.6 cm³/mol. The van der Waals surface area contributed by atoms with E-state index >= 15 is 0 Å². The van der Waals surface area contributed by atoms with Gasteiger partial charge in [-0.05, 0) is 31.9 Å². The average Bonchev–Trinajstić information content (AvgIpc) is 3.24. The SMILES string of the molecule is CC(Oc1nn(-c2ccccc2)cc1Cl)C(=O)NCC1CCCO1. The summed E-state index contributed by atoms with van der Waals surface area (Å²) in [6.07, 6.45) is 3.08. The van der Waals surface area contributed by atoms with Crippen LogP contribution in [-0.4, -0.2) is 41.0 Å². The molecule has 0 radical (unpaired) electrons. The molecular weight excluding hydrogens is 330 g/mol. The van der Waals surface area contributed by atoms with Gasteiger partial charge in [0.05, 0.1) is 18.0 Å². The largest absolute Gasteiger partial charge is 0.462 e. The number of hydrogen-bond donors (Lipinski definition) is 1. The molecule has 2 atom stereocenters. The number of nitrogens with zero attached hydrogens (tertiary/aromatic N) is 2. The van der Waals surface area contributed by atoms with Crippen LogP contribution in [0.5, 0.6) is 5.88 Å². The van der Waals surface area contributed by atoms with Crippen molar-refractivity contribution in [2.75, 3.05) is 13.2 Å². The summed E-state index contributed by atoms with van der Waals surface area (Å²) < 4.78 is 12.7. The van der Waals surface area contributed by atoms with Crippen molar-refractivity contribution in [1.82, 2.24) is 15.1 Å². The lowest BCUT2D eigenvalue weighted by Crippen LogP contribution is -2.40. The molecule has 0 spiro atoms. The van der Waals surface area contributed by atoms with Crippen molar-refractivity contribution in [1.29, 1.82) is 0 Å². The van der Waals surface area contributed by atoms with Gasteiger partial charge in [-0.3, -0.25) is 4.79 Å². The number of aromatic nitrogens is 2. The molecule has 1 saturated heterocycles. The Hall–Kier alpha value is -2.05. The predicted octanol–water partition coefficient (Wildman–Crippen LogP) is 2.59. The summed E-state index contributed by atoms with van der Waals surface area (Å²) in [4.78, 5) is 12.1. The summed E-state index contributed by atoms with van der Waals surface area (Å²) in [6.45, 7) is 2.93. The number of amides is 1. The number of para-hydroxylation sites is 1. The van der Waals surface area contributed by atoms with Crippen LogP contribution in [-0.2, 0) is 9.53 Å². The molecule has 1 N–H and O–H groups in total. The number of nitrogens with one attached hydrogen (secondary N) is 1. The Morgan fingerprint density at radius 3 is 3.00 bits per heavy atom. The highest BCUT2D eigenvalue weighted by Crippen LogP contribution is 2.25. The van der Waals surface area contributed by atoms with Gasteiger partial charge in [0, 0.05) is 13.2 Å². The summed E-state index contributed by atoms with van der Waals surface area (Å²) in [5, 5.41) is 7.49.